The van der Waals surface area contributed by atoms with Gasteiger partial charge in [-0.05, 0) is 72.9 Å². The Bertz CT molecular complexity index is 1160. The van der Waals surface area contributed by atoms with Crippen molar-refractivity contribution < 1.29 is 19.4 Å². The van der Waals surface area contributed by atoms with Crippen LogP contribution in [0.3, 0.4) is 0 Å². The van der Waals surface area contributed by atoms with Gasteiger partial charge in [0.25, 0.3) is 5.56 Å². The Morgan fingerprint density at radius 2 is 1.92 bits per heavy atom. The first-order chi connectivity index (χ1) is 17.3. The number of aryl methyl sites for hydroxylation is 2. The van der Waals surface area contributed by atoms with Gasteiger partial charge in [-0.3, -0.25) is 9.59 Å². The zero-order valence-corrected chi connectivity index (χ0v) is 22.4. The van der Waals surface area contributed by atoms with Crippen molar-refractivity contribution in [1.29, 1.82) is 0 Å². The van der Waals surface area contributed by atoms with E-state index >= 15 is 0 Å². The Hall–Kier alpha value is -2.65. The molecule has 4 rings (SSSR count). The van der Waals surface area contributed by atoms with Crippen molar-refractivity contribution >= 4 is 27.9 Å². The zero-order chi connectivity index (χ0) is 25.8. The van der Waals surface area contributed by atoms with Crippen LogP contribution in [0, 0.1) is 5.92 Å². The van der Waals surface area contributed by atoms with E-state index in [4.69, 9.17) is 4.74 Å². The topological polar surface area (TPSA) is 92.1 Å². The van der Waals surface area contributed by atoms with Crippen molar-refractivity contribution in [1.82, 2.24) is 14.4 Å². The summed E-state index contributed by atoms with van der Waals surface area (Å²) in [6, 6.07) is 9.92. The summed E-state index contributed by atoms with van der Waals surface area (Å²) >= 11 is 3.62. The van der Waals surface area contributed by atoms with Crippen molar-refractivity contribution in [2.24, 2.45) is 13.0 Å². The molecule has 1 aromatic heterocycles. The second-order valence-electron chi connectivity index (χ2n) is 9.90. The molecule has 0 radical (unpaired) electrons. The number of benzene rings is 1. The van der Waals surface area contributed by atoms with E-state index in [1.54, 1.807) is 26.4 Å². The molecule has 1 saturated heterocycles. The summed E-state index contributed by atoms with van der Waals surface area (Å²) in [7, 11) is 3.39. The summed E-state index contributed by atoms with van der Waals surface area (Å²) in [6.45, 7) is 1.66. The average Bonchev–Trinajstić information content (AvgIpc) is 3.69. The maximum Gasteiger partial charge on any atom is 0.407 e. The minimum absolute atomic E-state index is 0.0324. The maximum absolute atomic E-state index is 14.1. The van der Waals surface area contributed by atoms with Gasteiger partial charge < -0.3 is 24.2 Å². The van der Waals surface area contributed by atoms with Crippen molar-refractivity contribution in [3.8, 4) is 0 Å². The Labute approximate surface area is 220 Å². The third-order valence-electron chi connectivity index (χ3n) is 7.21. The summed E-state index contributed by atoms with van der Waals surface area (Å²) in [4.78, 5) is 41.5. The molecule has 1 aliphatic carbocycles. The number of rotatable bonds is 9. The number of aromatic nitrogens is 1. The van der Waals surface area contributed by atoms with Crippen molar-refractivity contribution in [2.45, 2.75) is 50.6 Å². The number of carboxylic acid groups (broad SMARTS) is 1. The van der Waals surface area contributed by atoms with Crippen LogP contribution in [-0.4, -0.2) is 64.3 Å². The largest absolute Gasteiger partial charge is 0.465 e. The number of pyridine rings is 1. The monoisotopic (exact) mass is 559 g/mol. The first-order valence-electron chi connectivity index (χ1n) is 12.5. The number of nitrogens with zero attached hydrogens (tertiary/aromatic N) is 3. The van der Waals surface area contributed by atoms with Gasteiger partial charge in [0.2, 0.25) is 5.91 Å². The number of carbonyl (C=O) groups excluding carboxylic acids is 1. The Morgan fingerprint density at radius 3 is 2.58 bits per heavy atom. The zero-order valence-electron chi connectivity index (χ0n) is 20.9. The lowest BCUT2D eigenvalue weighted by Crippen LogP contribution is -2.50. The van der Waals surface area contributed by atoms with Gasteiger partial charge in [-0.2, -0.15) is 0 Å². The van der Waals surface area contributed by atoms with Crippen molar-refractivity contribution in [3.63, 3.8) is 0 Å². The molecule has 8 nitrogen and oxygen atoms in total. The highest BCUT2D eigenvalue weighted by Crippen LogP contribution is 2.37. The smallest absolute Gasteiger partial charge is 0.407 e. The Morgan fingerprint density at radius 1 is 1.17 bits per heavy atom. The number of piperidine rings is 1. The van der Waals surface area contributed by atoms with Crippen LogP contribution in [-0.2, 0) is 29.5 Å². The first kappa shape index (κ1) is 26.4. The van der Waals surface area contributed by atoms with Gasteiger partial charge in [-0.1, -0.05) is 22.0 Å². The summed E-state index contributed by atoms with van der Waals surface area (Å²) in [5.41, 5.74) is 2.91. The number of hydrogen-bond acceptors (Lipinski definition) is 4. The van der Waals surface area contributed by atoms with Crippen LogP contribution in [0.1, 0.15) is 48.3 Å². The summed E-state index contributed by atoms with van der Waals surface area (Å²) < 4.78 is 7.66. The fourth-order valence-electron chi connectivity index (χ4n) is 5.13. The molecular formula is C27H34BrN3O5. The van der Waals surface area contributed by atoms with E-state index in [0.29, 0.717) is 26.1 Å². The number of amides is 2. The van der Waals surface area contributed by atoms with E-state index in [2.05, 4.69) is 28.1 Å². The quantitative estimate of drug-likeness (QED) is 0.469. The fraction of sp³-hybridized carbons (Fsp3) is 0.519. The third kappa shape index (κ3) is 6.37. The molecule has 2 fully saturated rings. The average molecular weight is 560 g/mol. The normalized spacial score (nSPS) is 19.8. The van der Waals surface area contributed by atoms with Gasteiger partial charge in [0.05, 0.1) is 5.92 Å². The molecule has 2 unspecified atom stereocenters. The number of hydrogen-bond donors (Lipinski definition) is 1. The molecule has 2 amide bonds. The number of ether oxygens (including phenoxy) is 1. The molecule has 36 heavy (non-hydrogen) atoms. The van der Waals surface area contributed by atoms with Gasteiger partial charge in [0.1, 0.15) is 0 Å². The van der Waals surface area contributed by atoms with Crippen LogP contribution >= 0.6 is 15.9 Å². The molecule has 9 heteroatoms. The molecule has 2 aliphatic rings. The highest BCUT2D eigenvalue weighted by molar-refractivity contribution is 9.10. The van der Waals surface area contributed by atoms with E-state index in [9.17, 15) is 19.5 Å². The molecule has 194 valence electrons. The van der Waals surface area contributed by atoms with Crippen molar-refractivity contribution in [3.05, 3.63) is 68.0 Å². The van der Waals surface area contributed by atoms with Crippen LogP contribution in [0.4, 0.5) is 4.79 Å². The molecule has 2 aromatic rings. The molecule has 0 spiro atoms. The lowest BCUT2D eigenvalue weighted by molar-refractivity contribution is -0.139. The van der Waals surface area contributed by atoms with Gasteiger partial charge in [0.15, 0.2) is 0 Å². The SMILES string of the molecule is COCCCc1cc(Br)cc(CN(C(=O)C2CN(C(=O)O)CCC2c2ccn(C)c(=O)c2)C2CC2)c1. The van der Waals surface area contributed by atoms with Crippen molar-refractivity contribution in [2.75, 3.05) is 26.8 Å². The van der Waals surface area contributed by atoms with Crippen LogP contribution in [0.5, 0.6) is 0 Å². The van der Waals surface area contributed by atoms with Gasteiger partial charge in [0, 0.05) is 63.2 Å². The minimum Gasteiger partial charge on any atom is -0.465 e. The maximum atomic E-state index is 14.1. The molecule has 1 N–H and O–H groups in total. The number of halogens is 1. The van der Waals surface area contributed by atoms with Crippen LogP contribution in [0.15, 0.2) is 45.8 Å². The molecule has 2 atom stereocenters. The lowest BCUT2D eigenvalue weighted by atomic mass is 9.79. The Balaban J connectivity index is 1.60. The summed E-state index contributed by atoms with van der Waals surface area (Å²) in [5, 5.41) is 9.65. The number of likely N-dealkylation sites (tertiary alicyclic amines) is 1. The van der Waals surface area contributed by atoms with E-state index in [0.717, 1.165) is 41.3 Å². The second-order valence-corrected chi connectivity index (χ2v) is 10.8. The molecule has 1 saturated carbocycles. The Kier molecular flexibility index (Phi) is 8.51. The van der Waals surface area contributed by atoms with E-state index in [1.165, 1.54) is 15.0 Å². The predicted molar refractivity (Wildman–Crippen MR) is 140 cm³/mol. The minimum atomic E-state index is -1.01. The van der Waals surface area contributed by atoms with Crippen LogP contribution < -0.4 is 5.56 Å². The summed E-state index contributed by atoms with van der Waals surface area (Å²) in [5.74, 6) is -0.763. The van der Waals surface area contributed by atoms with Crippen LogP contribution in [0.25, 0.3) is 0 Å². The molecule has 0 bridgehead atoms. The highest BCUT2D eigenvalue weighted by Gasteiger charge is 2.42. The molecule has 2 heterocycles. The number of carbonyl (C=O) groups is 2. The molecular weight excluding hydrogens is 526 g/mol. The summed E-state index contributed by atoms with van der Waals surface area (Å²) in [6.07, 6.45) is 4.92. The van der Waals surface area contributed by atoms with Crippen LogP contribution in [0.2, 0.25) is 0 Å². The molecule has 1 aromatic carbocycles. The fourth-order valence-corrected chi connectivity index (χ4v) is 5.71. The van der Waals surface area contributed by atoms with Gasteiger partial charge in [-0.15, -0.1) is 0 Å². The molecule has 1 aliphatic heterocycles. The van der Waals surface area contributed by atoms with E-state index in [1.807, 2.05) is 17.0 Å². The first-order valence-corrected chi connectivity index (χ1v) is 13.3. The second kappa shape index (κ2) is 11.6. The number of methoxy groups -OCH3 is 1. The van der Waals surface area contributed by atoms with E-state index < -0.39 is 12.0 Å². The standard InChI is InChI=1S/C27H34BrN3O5/c1-29-9-7-20(15-25(29)32)23-8-10-30(27(34)35)17-24(23)26(33)31(22-5-6-22)16-19-12-18(4-3-11-36-2)13-21(28)14-19/h7,9,12-15,22-24H,3-6,8,10-11,16-17H2,1-2H3,(H,34,35). The lowest BCUT2D eigenvalue weighted by Gasteiger charge is -2.39. The predicted octanol–water partition coefficient (Wildman–Crippen LogP) is 4.00. The van der Waals surface area contributed by atoms with E-state index in [-0.39, 0.29) is 30.0 Å². The van der Waals surface area contributed by atoms with Gasteiger partial charge in [-0.25, -0.2) is 4.79 Å². The van der Waals surface area contributed by atoms with Gasteiger partial charge >= 0.3 is 6.09 Å². The third-order valence-corrected chi connectivity index (χ3v) is 7.67. The highest BCUT2D eigenvalue weighted by atomic mass is 79.9.